The average molecular weight is 344 g/mol. The summed E-state index contributed by atoms with van der Waals surface area (Å²) in [5.41, 5.74) is 4.34. The molecule has 3 rings (SSSR count). The minimum atomic E-state index is -0.616. The standard InChI is InChI=1S/C18H24N4O3/c1-11-16(12(2)22(21-11)8-9-25-3)19-18(24)20-17-14-7-5-4-6-13(14)10-15(17)23/h4-7,15,17,23H,8-10H2,1-3H3,(H2,19,20,24)/t15-,17+/m1/s1. The van der Waals surface area contributed by atoms with Crippen LogP contribution in [0.5, 0.6) is 0 Å². The molecule has 1 aromatic heterocycles. The van der Waals surface area contributed by atoms with Gasteiger partial charge in [0.05, 0.1) is 42.4 Å². The van der Waals surface area contributed by atoms with E-state index in [0.29, 0.717) is 25.3 Å². The predicted molar refractivity (Wildman–Crippen MR) is 94.6 cm³/mol. The number of nitrogens with zero attached hydrogens (tertiary/aromatic N) is 2. The van der Waals surface area contributed by atoms with Crippen LogP contribution in [0.25, 0.3) is 0 Å². The first-order chi connectivity index (χ1) is 12.0. The molecule has 3 N–H and O–H groups in total. The van der Waals surface area contributed by atoms with Crippen LogP contribution in [-0.2, 0) is 17.7 Å². The van der Waals surface area contributed by atoms with Crippen molar-refractivity contribution in [2.24, 2.45) is 0 Å². The lowest BCUT2D eigenvalue weighted by Crippen LogP contribution is -2.37. The molecule has 0 spiro atoms. The maximum Gasteiger partial charge on any atom is 0.319 e. The highest BCUT2D eigenvalue weighted by Crippen LogP contribution is 2.31. The van der Waals surface area contributed by atoms with Crippen molar-refractivity contribution in [1.29, 1.82) is 0 Å². The Bertz CT molecular complexity index is 772. The molecule has 0 bridgehead atoms. The van der Waals surface area contributed by atoms with Gasteiger partial charge in [0, 0.05) is 13.5 Å². The molecule has 2 atom stereocenters. The summed E-state index contributed by atoms with van der Waals surface area (Å²) in [6.07, 6.45) is -0.0662. The number of aliphatic hydroxyl groups excluding tert-OH is 1. The second kappa shape index (κ2) is 7.25. The smallest absolute Gasteiger partial charge is 0.319 e. The summed E-state index contributed by atoms with van der Waals surface area (Å²) in [5.74, 6) is 0. The maximum absolute atomic E-state index is 12.5. The first-order valence-corrected chi connectivity index (χ1v) is 8.37. The largest absolute Gasteiger partial charge is 0.390 e. The number of hydrogen-bond acceptors (Lipinski definition) is 4. The molecule has 2 amide bonds. The summed E-state index contributed by atoms with van der Waals surface area (Å²) in [4.78, 5) is 12.5. The van der Waals surface area contributed by atoms with E-state index in [4.69, 9.17) is 4.74 Å². The van der Waals surface area contributed by atoms with E-state index in [2.05, 4.69) is 15.7 Å². The van der Waals surface area contributed by atoms with Crippen LogP contribution in [0.3, 0.4) is 0 Å². The highest BCUT2D eigenvalue weighted by atomic mass is 16.5. The second-order valence-electron chi connectivity index (χ2n) is 6.31. The Morgan fingerprint density at radius 2 is 2.16 bits per heavy atom. The van der Waals surface area contributed by atoms with E-state index in [1.54, 1.807) is 7.11 Å². The minimum absolute atomic E-state index is 0.349. The number of anilines is 1. The van der Waals surface area contributed by atoms with Gasteiger partial charge in [-0.05, 0) is 25.0 Å². The third-order valence-corrected chi connectivity index (χ3v) is 4.62. The number of aryl methyl sites for hydroxylation is 1. The van der Waals surface area contributed by atoms with Crippen LogP contribution in [-0.4, -0.2) is 40.7 Å². The molecule has 1 heterocycles. The SMILES string of the molecule is COCCn1nc(C)c(NC(=O)N[C@H]2c3ccccc3C[C@H]2O)c1C. The predicted octanol–water partition coefficient (Wildman–Crippen LogP) is 1.93. The first-order valence-electron chi connectivity index (χ1n) is 8.37. The lowest BCUT2D eigenvalue weighted by atomic mass is 10.1. The van der Waals surface area contributed by atoms with Crippen LogP contribution in [0.1, 0.15) is 28.6 Å². The number of benzene rings is 1. The van der Waals surface area contributed by atoms with E-state index >= 15 is 0 Å². The Labute approximate surface area is 147 Å². The third-order valence-electron chi connectivity index (χ3n) is 4.62. The molecule has 0 radical (unpaired) electrons. The summed E-state index contributed by atoms with van der Waals surface area (Å²) >= 11 is 0. The second-order valence-corrected chi connectivity index (χ2v) is 6.31. The highest BCUT2D eigenvalue weighted by Gasteiger charge is 2.32. The van der Waals surface area contributed by atoms with Gasteiger partial charge in [0.2, 0.25) is 0 Å². The fourth-order valence-electron chi connectivity index (χ4n) is 3.31. The number of nitrogens with one attached hydrogen (secondary N) is 2. The number of aliphatic hydroxyl groups is 1. The molecule has 134 valence electrons. The number of methoxy groups -OCH3 is 1. The third kappa shape index (κ3) is 3.52. The summed E-state index contributed by atoms with van der Waals surface area (Å²) in [5, 5.41) is 20.4. The van der Waals surface area contributed by atoms with Gasteiger partial charge in [-0.1, -0.05) is 24.3 Å². The zero-order valence-electron chi connectivity index (χ0n) is 14.7. The monoisotopic (exact) mass is 344 g/mol. The number of urea groups is 1. The molecule has 0 saturated heterocycles. The highest BCUT2D eigenvalue weighted by molar-refractivity contribution is 5.91. The molecule has 0 saturated carbocycles. The molecule has 0 fully saturated rings. The molecule has 2 aromatic rings. The van der Waals surface area contributed by atoms with Crippen molar-refractivity contribution in [3.05, 3.63) is 46.8 Å². The van der Waals surface area contributed by atoms with E-state index in [1.807, 2.05) is 42.8 Å². The number of fused-ring (bicyclic) bond motifs is 1. The van der Waals surface area contributed by atoms with Gasteiger partial charge in [-0.25, -0.2) is 4.79 Å². The molecule has 0 unspecified atom stereocenters. The van der Waals surface area contributed by atoms with Crippen molar-refractivity contribution in [2.75, 3.05) is 19.0 Å². The van der Waals surface area contributed by atoms with E-state index in [1.165, 1.54) is 0 Å². The Balaban J connectivity index is 1.70. The van der Waals surface area contributed by atoms with Gasteiger partial charge in [0.25, 0.3) is 0 Å². The molecular formula is C18H24N4O3. The first kappa shape index (κ1) is 17.4. The van der Waals surface area contributed by atoms with Crippen LogP contribution < -0.4 is 10.6 Å². The van der Waals surface area contributed by atoms with Crippen LogP contribution >= 0.6 is 0 Å². The number of ether oxygens (including phenoxy) is 1. The Morgan fingerprint density at radius 1 is 1.40 bits per heavy atom. The quantitative estimate of drug-likeness (QED) is 0.773. The van der Waals surface area contributed by atoms with Gasteiger partial charge in [-0.2, -0.15) is 5.10 Å². The van der Waals surface area contributed by atoms with Crippen molar-refractivity contribution in [3.8, 4) is 0 Å². The minimum Gasteiger partial charge on any atom is -0.390 e. The zero-order valence-corrected chi connectivity index (χ0v) is 14.7. The Morgan fingerprint density at radius 3 is 2.92 bits per heavy atom. The van der Waals surface area contributed by atoms with E-state index in [9.17, 15) is 9.90 Å². The summed E-state index contributed by atoms with van der Waals surface area (Å²) in [7, 11) is 1.64. The molecule has 25 heavy (non-hydrogen) atoms. The van der Waals surface area contributed by atoms with E-state index < -0.39 is 12.1 Å². The van der Waals surface area contributed by atoms with Gasteiger partial charge in [0.1, 0.15) is 0 Å². The van der Waals surface area contributed by atoms with Gasteiger partial charge in [0.15, 0.2) is 0 Å². The topological polar surface area (TPSA) is 88.4 Å². The van der Waals surface area contributed by atoms with Crippen LogP contribution in [0.2, 0.25) is 0 Å². The van der Waals surface area contributed by atoms with Gasteiger partial charge >= 0.3 is 6.03 Å². The van der Waals surface area contributed by atoms with E-state index in [-0.39, 0.29) is 6.03 Å². The number of aromatic nitrogens is 2. The molecule has 1 aromatic carbocycles. The van der Waals surface area contributed by atoms with Gasteiger partial charge < -0.3 is 20.5 Å². The lowest BCUT2D eigenvalue weighted by molar-refractivity contribution is 0.144. The number of carbonyl (C=O) groups is 1. The fourth-order valence-corrected chi connectivity index (χ4v) is 3.31. The van der Waals surface area contributed by atoms with Crippen LogP contribution in [0.4, 0.5) is 10.5 Å². The zero-order chi connectivity index (χ0) is 18.0. The van der Waals surface area contributed by atoms with Gasteiger partial charge in [-0.15, -0.1) is 0 Å². The van der Waals surface area contributed by atoms with Crippen molar-refractivity contribution in [3.63, 3.8) is 0 Å². The Hall–Kier alpha value is -2.38. The lowest BCUT2D eigenvalue weighted by Gasteiger charge is -2.18. The molecule has 0 aliphatic heterocycles. The van der Waals surface area contributed by atoms with Crippen LogP contribution in [0, 0.1) is 13.8 Å². The maximum atomic E-state index is 12.5. The van der Waals surface area contributed by atoms with Crippen molar-refractivity contribution in [2.45, 2.75) is 39.0 Å². The number of amides is 2. The molecular weight excluding hydrogens is 320 g/mol. The van der Waals surface area contributed by atoms with Crippen molar-refractivity contribution >= 4 is 11.7 Å². The fraction of sp³-hybridized carbons (Fsp3) is 0.444. The average Bonchev–Trinajstić information content (AvgIpc) is 3.04. The molecule has 1 aliphatic carbocycles. The summed E-state index contributed by atoms with van der Waals surface area (Å²) in [6.45, 7) is 4.94. The molecule has 7 heteroatoms. The summed E-state index contributed by atoms with van der Waals surface area (Å²) in [6, 6.07) is 7.02. The van der Waals surface area contributed by atoms with Crippen molar-refractivity contribution in [1.82, 2.24) is 15.1 Å². The molecule has 1 aliphatic rings. The molecule has 7 nitrogen and oxygen atoms in total. The number of hydrogen-bond donors (Lipinski definition) is 3. The summed E-state index contributed by atoms with van der Waals surface area (Å²) < 4.78 is 6.89. The normalized spacial score (nSPS) is 18.9. The Kier molecular flexibility index (Phi) is 5.06. The van der Waals surface area contributed by atoms with Crippen molar-refractivity contribution < 1.29 is 14.6 Å². The number of rotatable bonds is 5. The van der Waals surface area contributed by atoms with Gasteiger partial charge in [-0.3, -0.25) is 4.68 Å². The number of carbonyl (C=O) groups excluding carboxylic acids is 1. The van der Waals surface area contributed by atoms with E-state index in [0.717, 1.165) is 22.5 Å². The van der Waals surface area contributed by atoms with Crippen LogP contribution in [0.15, 0.2) is 24.3 Å².